The van der Waals surface area contributed by atoms with Crippen LogP contribution in [-0.2, 0) is 4.79 Å². The number of ether oxygens (including phenoxy) is 4. The van der Waals surface area contributed by atoms with Crippen LogP contribution >= 0.6 is 11.6 Å². The Hall–Kier alpha value is -4.93. The van der Waals surface area contributed by atoms with Crippen LogP contribution in [0.4, 0.5) is 0 Å². The average Bonchev–Trinajstić information content (AvgIpc) is 2.92. The first-order valence-corrected chi connectivity index (χ1v) is 12.0. The number of rotatable bonds is 7. The van der Waals surface area contributed by atoms with E-state index in [1.807, 2.05) is 54.6 Å². The van der Waals surface area contributed by atoms with E-state index in [1.165, 1.54) is 0 Å². The maximum Gasteiger partial charge on any atom is 0.349 e. The number of allylic oxidation sites excluding steroid dienone is 1. The van der Waals surface area contributed by atoms with E-state index in [-0.39, 0.29) is 23.8 Å². The normalized spacial score (nSPS) is 14.1. The van der Waals surface area contributed by atoms with Crippen molar-refractivity contribution in [3.63, 3.8) is 0 Å². The number of para-hydroxylation sites is 1. The van der Waals surface area contributed by atoms with Crippen LogP contribution in [0.3, 0.4) is 0 Å². The van der Waals surface area contributed by atoms with Crippen molar-refractivity contribution in [2.24, 2.45) is 5.73 Å². The van der Waals surface area contributed by atoms with Crippen LogP contribution < -0.4 is 24.7 Å². The SMILES string of the molecule is N#CC1=C(N)Oc2cc(OC(=O)COc3cccc(Cl)c3)ccc2C1c1cccc(Oc2ccccc2)c1. The van der Waals surface area contributed by atoms with Crippen LogP contribution in [0.25, 0.3) is 0 Å². The number of carbonyl (C=O) groups is 1. The van der Waals surface area contributed by atoms with E-state index in [0.29, 0.717) is 33.6 Å². The number of nitrogens with two attached hydrogens (primary N) is 1. The molecular weight excluding hydrogens is 504 g/mol. The van der Waals surface area contributed by atoms with Crippen molar-refractivity contribution in [1.29, 1.82) is 5.26 Å². The lowest BCUT2D eigenvalue weighted by Gasteiger charge is -2.27. The van der Waals surface area contributed by atoms with E-state index >= 15 is 0 Å². The molecule has 1 atom stereocenters. The summed E-state index contributed by atoms with van der Waals surface area (Å²) in [5, 5.41) is 10.4. The largest absolute Gasteiger partial charge is 0.482 e. The Morgan fingerprint density at radius 3 is 2.45 bits per heavy atom. The van der Waals surface area contributed by atoms with Gasteiger partial charge in [-0.15, -0.1) is 0 Å². The Labute approximate surface area is 224 Å². The summed E-state index contributed by atoms with van der Waals surface area (Å²) in [4.78, 5) is 12.4. The van der Waals surface area contributed by atoms with E-state index < -0.39 is 11.9 Å². The molecule has 38 heavy (non-hydrogen) atoms. The zero-order chi connectivity index (χ0) is 26.5. The summed E-state index contributed by atoms with van der Waals surface area (Å²) >= 11 is 5.94. The van der Waals surface area contributed by atoms with E-state index in [0.717, 1.165) is 5.56 Å². The molecule has 5 rings (SSSR count). The van der Waals surface area contributed by atoms with Gasteiger partial charge in [-0.25, -0.2) is 4.79 Å². The smallest absolute Gasteiger partial charge is 0.349 e. The minimum atomic E-state index is -0.607. The molecule has 0 saturated carbocycles. The lowest BCUT2D eigenvalue weighted by atomic mass is 9.83. The highest BCUT2D eigenvalue weighted by atomic mass is 35.5. The molecule has 4 aromatic carbocycles. The molecule has 0 aliphatic carbocycles. The summed E-state index contributed by atoms with van der Waals surface area (Å²) in [6, 6.07) is 30.7. The molecule has 188 valence electrons. The van der Waals surface area contributed by atoms with Gasteiger partial charge in [-0.3, -0.25) is 0 Å². The van der Waals surface area contributed by atoms with Crippen LogP contribution in [0.1, 0.15) is 17.0 Å². The van der Waals surface area contributed by atoms with Crippen molar-refractivity contribution in [3.8, 4) is 34.8 Å². The molecule has 1 unspecified atom stereocenters. The molecule has 4 aromatic rings. The van der Waals surface area contributed by atoms with Gasteiger partial charge in [0.25, 0.3) is 0 Å². The topological polar surface area (TPSA) is 104 Å². The van der Waals surface area contributed by atoms with Crippen molar-refractivity contribution < 1.29 is 23.7 Å². The summed E-state index contributed by atoms with van der Waals surface area (Å²) in [7, 11) is 0. The quantitative estimate of drug-likeness (QED) is 0.222. The first-order chi connectivity index (χ1) is 18.5. The maximum atomic E-state index is 12.4. The third kappa shape index (κ3) is 5.56. The monoisotopic (exact) mass is 524 g/mol. The van der Waals surface area contributed by atoms with Gasteiger partial charge in [0.2, 0.25) is 5.88 Å². The van der Waals surface area contributed by atoms with Crippen molar-refractivity contribution in [2.75, 3.05) is 6.61 Å². The Bertz CT molecular complexity index is 1560. The number of nitrogens with zero attached hydrogens (tertiary/aromatic N) is 1. The summed E-state index contributed by atoms with van der Waals surface area (Å²) in [6.07, 6.45) is 0. The van der Waals surface area contributed by atoms with Gasteiger partial charge in [-0.2, -0.15) is 5.26 Å². The maximum absolute atomic E-state index is 12.4. The second-order valence-corrected chi connectivity index (χ2v) is 8.77. The minimum absolute atomic E-state index is 0.0212. The predicted octanol–water partition coefficient (Wildman–Crippen LogP) is 6.33. The van der Waals surface area contributed by atoms with Crippen molar-refractivity contribution >= 4 is 17.6 Å². The standard InChI is InChI=1S/C30H21ClN2O5/c31-20-7-5-10-22(15-20)35-18-28(34)37-24-12-13-25-27(16-24)38-30(33)26(17-32)29(25)19-6-4-11-23(14-19)36-21-8-2-1-3-9-21/h1-16,29H,18,33H2. The van der Waals surface area contributed by atoms with Gasteiger partial charge in [-0.1, -0.05) is 54.1 Å². The molecule has 0 bridgehead atoms. The molecule has 0 fully saturated rings. The molecule has 8 heteroatoms. The minimum Gasteiger partial charge on any atom is -0.482 e. The first-order valence-electron chi connectivity index (χ1n) is 11.6. The lowest BCUT2D eigenvalue weighted by Crippen LogP contribution is -2.21. The van der Waals surface area contributed by atoms with E-state index in [4.69, 9.17) is 36.3 Å². The fourth-order valence-corrected chi connectivity index (χ4v) is 4.26. The number of halogens is 1. The second-order valence-electron chi connectivity index (χ2n) is 8.33. The number of hydrogen-bond donors (Lipinski definition) is 1. The Balaban J connectivity index is 1.37. The summed E-state index contributed by atoms with van der Waals surface area (Å²) in [6.45, 7) is -0.310. The van der Waals surface area contributed by atoms with E-state index in [1.54, 1.807) is 42.5 Å². The predicted molar refractivity (Wildman–Crippen MR) is 141 cm³/mol. The number of hydrogen-bond acceptors (Lipinski definition) is 7. The van der Waals surface area contributed by atoms with Gasteiger partial charge in [0.1, 0.15) is 40.4 Å². The average molecular weight is 525 g/mol. The zero-order valence-electron chi connectivity index (χ0n) is 20.0. The number of esters is 1. The number of carbonyl (C=O) groups excluding carboxylic acids is 1. The van der Waals surface area contributed by atoms with Gasteiger partial charge in [0, 0.05) is 16.7 Å². The van der Waals surface area contributed by atoms with Crippen LogP contribution in [0.2, 0.25) is 5.02 Å². The molecule has 1 aliphatic heterocycles. The fourth-order valence-electron chi connectivity index (χ4n) is 4.08. The van der Waals surface area contributed by atoms with E-state index in [2.05, 4.69) is 6.07 Å². The number of nitriles is 1. The van der Waals surface area contributed by atoms with Gasteiger partial charge in [0.05, 0.1) is 5.92 Å². The molecule has 0 aromatic heterocycles. The van der Waals surface area contributed by atoms with Crippen LogP contribution in [0, 0.1) is 11.3 Å². The Kier molecular flexibility index (Phi) is 7.16. The molecule has 1 aliphatic rings. The lowest BCUT2D eigenvalue weighted by molar-refractivity contribution is -0.136. The molecule has 0 saturated heterocycles. The van der Waals surface area contributed by atoms with Crippen LogP contribution in [0.15, 0.2) is 109 Å². The van der Waals surface area contributed by atoms with Crippen molar-refractivity contribution in [3.05, 3.63) is 125 Å². The highest BCUT2D eigenvalue weighted by molar-refractivity contribution is 6.30. The van der Waals surface area contributed by atoms with Gasteiger partial charge in [-0.05, 0) is 54.1 Å². The third-order valence-corrected chi connectivity index (χ3v) is 5.98. The summed E-state index contributed by atoms with van der Waals surface area (Å²) in [5.41, 5.74) is 7.90. The molecule has 7 nitrogen and oxygen atoms in total. The van der Waals surface area contributed by atoms with Crippen molar-refractivity contribution in [1.82, 2.24) is 0 Å². The van der Waals surface area contributed by atoms with Crippen molar-refractivity contribution in [2.45, 2.75) is 5.92 Å². The molecule has 2 N–H and O–H groups in total. The molecule has 1 heterocycles. The molecule has 0 radical (unpaired) electrons. The fraction of sp³-hybridized carbons (Fsp3) is 0.0667. The van der Waals surface area contributed by atoms with Crippen LogP contribution in [0.5, 0.6) is 28.7 Å². The highest BCUT2D eigenvalue weighted by Crippen LogP contribution is 2.44. The van der Waals surface area contributed by atoms with E-state index in [9.17, 15) is 10.1 Å². The first kappa shape index (κ1) is 24.8. The Morgan fingerprint density at radius 1 is 0.895 bits per heavy atom. The van der Waals surface area contributed by atoms with Crippen LogP contribution in [-0.4, -0.2) is 12.6 Å². The third-order valence-electron chi connectivity index (χ3n) is 5.75. The second kappa shape index (κ2) is 11.0. The highest BCUT2D eigenvalue weighted by Gasteiger charge is 2.31. The molecule has 0 amide bonds. The zero-order valence-corrected chi connectivity index (χ0v) is 20.7. The summed E-state index contributed by atoms with van der Waals surface area (Å²) < 4.78 is 22.6. The number of benzene rings is 4. The number of fused-ring (bicyclic) bond motifs is 1. The Morgan fingerprint density at radius 2 is 1.66 bits per heavy atom. The molecule has 0 spiro atoms. The summed E-state index contributed by atoms with van der Waals surface area (Å²) in [5.74, 6) is 1.25. The van der Waals surface area contributed by atoms with Gasteiger partial charge in [0.15, 0.2) is 6.61 Å². The molecular formula is C30H21ClN2O5. The van der Waals surface area contributed by atoms with Gasteiger partial charge >= 0.3 is 5.97 Å². The van der Waals surface area contributed by atoms with Gasteiger partial charge < -0.3 is 24.7 Å².